The number of anilines is 2. The van der Waals surface area contributed by atoms with Crippen LogP contribution in [0, 0.1) is 6.92 Å². The molecule has 1 N–H and O–H groups in total. The molecule has 1 amide bonds. The van der Waals surface area contributed by atoms with Gasteiger partial charge in [0.05, 0.1) is 16.1 Å². The SMILES string of the molecule is Cc1ccc(-c2ccc(C(=O)OCC(=O)Nc3cccc(S(=O)(=O)N(C)c4ccccc4)c3)cc2)cc1. The summed E-state index contributed by atoms with van der Waals surface area (Å²) >= 11 is 0. The predicted octanol–water partition coefficient (Wildman–Crippen LogP) is 5.28. The van der Waals surface area contributed by atoms with E-state index in [1.165, 1.54) is 29.6 Å². The minimum atomic E-state index is -3.84. The Hall–Kier alpha value is -4.43. The lowest BCUT2D eigenvalue weighted by Gasteiger charge is -2.19. The molecule has 0 aliphatic rings. The van der Waals surface area contributed by atoms with Crippen molar-refractivity contribution in [3.8, 4) is 11.1 Å². The molecule has 188 valence electrons. The molecular formula is C29H26N2O5S. The maximum Gasteiger partial charge on any atom is 0.338 e. The zero-order valence-electron chi connectivity index (χ0n) is 20.4. The molecule has 4 aromatic carbocycles. The number of ether oxygens (including phenoxy) is 1. The number of rotatable bonds is 8. The van der Waals surface area contributed by atoms with E-state index >= 15 is 0 Å². The van der Waals surface area contributed by atoms with Gasteiger partial charge >= 0.3 is 5.97 Å². The van der Waals surface area contributed by atoms with Crippen LogP contribution in [0.1, 0.15) is 15.9 Å². The first-order chi connectivity index (χ1) is 17.7. The Kier molecular flexibility index (Phi) is 7.69. The number of amides is 1. The average molecular weight is 515 g/mol. The second kappa shape index (κ2) is 11.1. The van der Waals surface area contributed by atoms with E-state index in [0.29, 0.717) is 11.3 Å². The Morgan fingerprint density at radius 3 is 2.08 bits per heavy atom. The lowest BCUT2D eigenvalue weighted by molar-refractivity contribution is -0.119. The fourth-order valence-electron chi connectivity index (χ4n) is 3.63. The van der Waals surface area contributed by atoms with Crippen molar-refractivity contribution in [2.24, 2.45) is 0 Å². The molecule has 0 atom stereocenters. The third-order valence-electron chi connectivity index (χ3n) is 5.74. The van der Waals surface area contributed by atoms with Crippen molar-refractivity contribution < 1.29 is 22.7 Å². The van der Waals surface area contributed by atoms with Gasteiger partial charge in [0, 0.05) is 12.7 Å². The first kappa shape index (κ1) is 25.7. The number of sulfonamides is 1. The molecule has 0 saturated heterocycles. The summed E-state index contributed by atoms with van der Waals surface area (Å²) in [5, 5.41) is 2.58. The molecule has 0 unspecified atom stereocenters. The summed E-state index contributed by atoms with van der Waals surface area (Å²) in [5.74, 6) is -1.22. The highest BCUT2D eigenvalue weighted by Gasteiger charge is 2.22. The number of aryl methyl sites for hydroxylation is 1. The van der Waals surface area contributed by atoms with Gasteiger partial charge < -0.3 is 10.1 Å². The summed E-state index contributed by atoms with van der Waals surface area (Å²) in [6.07, 6.45) is 0. The number of hydrogen-bond donors (Lipinski definition) is 1. The van der Waals surface area contributed by atoms with Gasteiger partial charge in [-0.2, -0.15) is 0 Å². The van der Waals surface area contributed by atoms with Crippen molar-refractivity contribution >= 4 is 33.3 Å². The molecule has 0 saturated carbocycles. The summed E-state index contributed by atoms with van der Waals surface area (Å²) in [4.78, 5) is 24.8. The number of carbonyl (C=O) groups excluding carboxylic acids is 2. The Labute approximate surface area is 216 Å². The molecule has 4 rings (SSSR count). The third kappa shape index (κ3) is 6.23. The van der Waals surface area contributed by atoms with Crippen molar-refractivity contribution in [2.45, 2.75) is 11.8 Å². The van der Waals surface area contributed by atoms with Crippen molar-refractivity contribution in [1.82, 2.24) is 0 Å². The largest absolute Gasteiger partial charge is 0.452 e. The molecule has 8 heteroatoms. The molecule has 7 nitrogen and oxygen atoms in total. The van der Waals surface area contributed by atoms with Crippen LogP contribution in [0.5, 0.6) is 0 Å². The van der Waals surface area contributed by atoms with Gasteiger partial charge in [0.15, 0.2) is 6.61 Å². The fourth-order valence-corrected chi connectivity index (χ4v) is 4.87. The topological polar surface area (TPSA) is 92.8 Å². The van der Waals surface area contributed by atoms with Gasteiger partial charge in [0.2, 0.25) is 0 Å². The molecule has 0 fully saturated rings. The van der Waals surface area contributed by atoms with Crippen LogP contribution in [0.4, 0.5) is 11.4 Å². The van der Waals surface area contributed by atoms with E-state index in [-0.39, 0.29) is 10.6 Å². The summed E-state index contributed by atoms with van der Waals surface area (Å²) in [5.41, 5.74) is 4.25. The molecule has 0 radical (unpaired) electrons. The molecular weight excluding hydrogens is 488 g/mol. The lowest BCUT2D eigenvalue weighted by atomic mass is 10.0. The van der Waals surface area contributed by atoms with Gasteiger partial charge in [-0.1, -0.05) is 66.2 Å². The third-order valence-corrected chi connectivity index (χ3v) is 7.52. The van der Waals surface area contributed by atoms with Gasteiger partial charge in [-0.25, -0.2) is 13.2 Å². The fraction of sp³-hybridized carbons (Fsp3) is 0.103. The molecule has 0 aliphatic heterocycles. The Morgan fingerprint density at radius 2 is 1.43 bits per heavy atom. The van der Waals surface area contributed by atoms with E-state index in [4.69, 9.17) is 4.74 Å². The van der Waals surface area contributed by atoms with Crippen molar-refractivity contribution in [3.05, 3.63) is 114 Å². The van der Waals surface area contributed by atoms with Crippen LogP contribution < -0.4 is 9.62 Å². The van der Waals surface area contributed by atoms with E-state index < -0.39 is 28.5 Å². The van der Waals surface area contributed by atoms with E-state index in [2.05, 4.69) is 5.32 Å². The molecule has 0 aromatic heterocycles. The smallest absolute Gasteiger partial charge is 0.338 e. The normalized spacial score (nSPS) is 11.0. The predicted molar refractivity (Wildman–Crippen MR) is 144 cm³/mol. The van der Waals surface area contributed by atoms with Crippen LogP contribution in [0.15, 0.2) is 108 Å². The number of esters is 1. The van der Waals surface area contributed by atoms with Gasteiger partial charge in [-0.05, 0) is 60.5 Å². The lowest BCUT2D eigenvalue weighted by Crippen LogP contribution is -2.26. The zero-order chi connectivity index (χ0) is 26.4. The van der Waals surface area contributed by atoms with Gasteiger partial charge in [0.1, 0.15) is 0 Å². The summed E-state index contributed by atoms with van der Waals surface area (Å²) in [6, 6.07) is 29.5. The maximum absolute atomic E-state index is 13.0. The minimum absolute atomic E-state index is 0.0160. The Bertz CT molecular complexity index is 1500. The zero-order valence-corrected chi connectivity index (χ0v) is 21.2. The quantitative estimate of drug-likeness (QED) is 0.323. The van der Waals surface area contributed by atoms with Crippen LogP contribution in [-0.2, 0) is 19.6 Å². The first-order valence-corrected chi connectivity index (χ1v) is 13.0. The number of nitrogens with one attached hydrogen (secondary N) is 1. The standard InChI is InChI=1S/C29H26N2O5S/c1-21-11-13-22(14-12-21)23-15-17-24(18-16-23)29(33)36-20-28(32)30-25-7-6-10-27(19-25)37(34,35)31(2)26-8-4-3-5-9-26/h3-19H,20H2,1-2H3,(H,30,32). The van der Waals surface area contributed by atoms with E-state index in [1.807, 2.05) is 43.3 Å². The number of carbonyl (C=O) groups is 2. The minimum Gasteiger partial charge on any atom is -0.452 e. The maximum atomic E-state index is 13.0. The Morgan fingerprint density at radius 1 is 0.811 bits per heavy atom. The summed E-state index contributed by atoms with van der Waals surface area (Å²) < 4.78 is 32.3. The highest BCUT2D eigenvalue weighted by molar-refractivity contribution is 7.92. The first-order valence-electron chi connectivity index (χ1n) is 11.5. The average Bonchev–Trinajstić information content (AvgIpc) is 2.92. The molecule has 0 spiro atoms. The highest BCUT2D eigenvalue weighted by atomic mass is 32.2. The molecule has 0 heterocycles. The van der Waals surface area contributed by atoms with E-state index in [1.54, 1.807) is 48.5 Å². The number of nitrogens with zero attached hydrogens (tertiary/aromatic N) is 1. The van der Waals surface area contributed by atoms with Crippen molar-refractivity contribution in [2.75, 3.05) is 23.3 Å². The van der Waals surface area contributed by atoms with Gasteiger partial charge in [0.25, 0.3) is 15.9 Å². The number of para-hydroxylation sites is 1. The second-order valence-corrected chi connectivity index (χ2v) is 10.4. The van der Waals surface area contributed by atoms with Crippen LogP contribution in [0.25, 0.3) is 11.1 Å². The van der Waals surface area contributed by atoms with Gasteiger partial charge in [-0.3, -0.25) is 9.10 Å². The molecule has 0 aliphatic carbocycles. The summed E-state index contributed by atoms with van der Waals surface area (Å²) in [6.45, 7) is 1.50. The highest BCUT2D eigenvalue weighted by Crippen LogP contribution is 2.24. The van der Waals surface area contributed by atoms with Crippen LogP contribution >= 0.6 is 0 Å². The molecule has 0 bridgehead atoms. The van der Waals surface area contributed by atoms with Crippen LogP contribution in [0.3, 0.4) is 0 Å². The number of hydrogen-bond acceptors (Lipinski definition) is 5. The number of benzene rings is 4. The monoisotopic (exact) mass is 514 g/mol. The van der Waals surface area contributed by atoms with Crippen molar-refractivity contribution in [3.63, 3.8) is 0 Å². The summed E-state index contributed by atoms with van der Waals surface area (Å²) in [7, 11) is -2.38. The van der Waals surface area contributed by atoms with Crippen molar-refractivity contribution in [1.29, 1.82) is 0 Å². The van der Waals surface area contributed by atoms with Gasteiger partial charge in [-0.15, -0.1) is 0 Å². The second-order valence-electron chi connectivity index (χ2n) is 8.40. The van der Waals surface area contributed by atoms with E-state index in [0.717, 1.165) is 16.7 Å². The Balaban J connectivity index is 1.36. The molecule has 37 heavy (non-hydrogen) atoms. The van der Waals surface area contributed by atoms with E-state index in [9.17, 15) is 18.0 Å². The van der Waals surface area contributed by atoms with Crippen LogP contribution in [0.2, 0.25) is 0 Å². The molecule has 4 aromatic rings. The van der Waals surface area contributed by atoms with Crippen LogP contribution in [-0.4, -0.2) is 33.9 Å².